The average molecular weight is 191 g/mol. The zero-order chi connectivity index (χ0) is 10.3. The van der Waals surface area contributed by atoms with E-state index in [1.54, 1.807) is 26.2 Å². The summed E-state index contributed by atoms with van der Waals surface area (Å²) >= 11 is 0. The third-order valence-electron chi connectivity index (χ3n) is 2.08. The summed E-state index contributed by atoms with van der Waals surface area (Å²) in [6, 6.07) is 1.71. The van der Waals surface area contributed by atoms with Gasteiger partial charge in [0.05, 0.1) is 0 Å². The number of aryl methyl sites for hydroxylation is 2. The molecular formula is C9H9N3O2. The van der Waals surface area contributed by atoms with Crippen LogP contribution in [0, 0.1) is 6.92 Å². The maximum Gasteiger partial charge on any atom is 0.349 e. The van der Waals surface area contributed by atoms with E-state index in [0.717, 1.165) is 5.39 Å². The van der Waals surface area contributed by atoms with Gasteiger partial charge in [-0.05, 0) is 13.0 Å². The van der Waals surface area contributed by atoms with Crippen LogP contribution in [0.3, 0.4) is 0 Å². The Morgan fingerprint density at radius 1 is 1.43 bits per heavy atom. The fourth-order valence-electron chi connectivity index (χ4n) is 1.27. The van der Waals surface area contributed by atoms with Crippen LogP contribution in [-0.4, -0.2) is 14.5 Å². The van der Waals surface area contributed by atoms with Crippen molar-refractivity contribution in [1.82, 2.24) is 14.5 Å². The smallest absolute Gasteiger partial charge is 0.306 e. The molecule has 0 saturated carbocycles. The van der Waals surface area contributed by atoms with Gasteiger partial charge in [0, 0.05) is 24.2 Å². The van der Waals surface area contributed by atoms with Crippen LogP contribution < -0.4 is 11.2 Å². The number of H-pyrrole nitrogens is 1. The van der Waals surface area contributed by atoms with E-state index in [1.807, 2.05) is 0 Å². The first kappa shape index (κ1) is 8.68. The minimum Gasteiger partial charge on any atom is -0.306 e. The molecule has 0 aliphatic rings. The number of aromatic amines is 1. The van der Waals surface area contributed by atoms with E-state index in [0.29, 0.717) is 11.2 Å². The van der Waals surface area contributed by atoms with E-state index in [-0.39, 0.29) is 11.2 Å². The van der Waals surface area contributed by atoms with Gasteiger partial charge in [0.1, 0.15) is 5.65 Å². The second-order valence-electron chi connectivity index (χ2n) is 3.22. The molecule has 72 valence electrons. The zero-order valence-corrected chi connectivity index (χ0v) is 7.87. The van der Waals surface area contributed by atoms with Gasteiger partial charge in [-0.2, -0.15) is 4.98 Å². The van der Waals surface area contributed by atoms with E-state index in [1.165, 1.54) is 4.57 Å². The van der Waals surface area contributed by atoms with E-state index in [2.05, 4.69) is 9.97 Å². The minimum absolute atomic E-state index is 0.210. The van der Waals surface area contributed by atoms with Crippen LogP contribution in [0.15, 0.2) is 21.9 Å². The topological polar surface area (TPSA) is 67.8 Å². The minimum atomic E-state index is -0.378. The number of nitrogens with one attached hydrogen (secondary N) is 1. The van der Waals surface area contributed by atoms with Crippen molar-refractivity contribution in [3.05, 3.63) is 38.7 Å². The Morgan fingerprint density at radius 2 is 2.14 bits per heavy atom. The summed E-state index contributed by atoms with van der Waals surface area (Å²) in [6.45, 7) is 1.71. The van der Waals surface area contributed by atoms with E-state index < -0.39 is 0 Å². The molecule has 5 nitrogen and oxygen atoms in total. The van der Waals surface area contributed by atoms with Crippen LogP contribution in [0.4, 0.5) is 0 Å². The van der Waals surface area contributed by atoms with Crippen LogP contribution in [0.5, 0.6) is 0 Å². The predicted octanol–water partition coefficient (Wildman–Crippen LogP) is -0.0698. The van der Waals surface area contributed by atoms with E-state index in [4.69, 9.17) is 0 Å². The van der Waals surface area contributed by atoms with E-state index >= 15 is 0 Å². The van der Waals surface area contributed by atoms with Crippen molar-refractivity contribution in [1.29, 1.82) is 0 Å². The normalized spacial score (nSPS) is 10.7. The Balaban J connectivity index is 2.97. The van der Waals surface area contributed by atoms with Crippen molar-refractivity contribution < 1.29 is 0 Å². The monoisotopic (exact) mass is 191 g/mol. The molecular weight excluding hydrogens is 182 g/mol. The van der Waals surface area contributed by atoms with Crippen molar-refractivity contribution in [2.45, 2.75) is 6.92 Å². The molecule has 2 heterocycles. The molecule has 0 amide bonds. The van der Waals surface area contributed by atoms with Crippen molar-refractivity contribution in [3.63, 3.8) is 0 Å². The average Bonchev–Trinajstić information content (AvgIpc) is 2.11. The molecule has 0 aliphatic carbocycles. The van der Waals surface area contributed by atoms with Gasteiger partial charge in [0.25, 0.3) is 5.56 Å². The summed E-state index contributed by atoms with van der Waals surface area (Å²) in [6.07, 6.45) is 1.65. The maximum atomic E-state index is 11.2. The zero-order valence-electron chi connectivity index (χ0n) is 7.87. The molecule has 0 atom stereocenters. The standard InChI is InChI=1S/C9H9N3O2/c1-5-3-6-4-12(2)9(14)11-7(6)10-8(5)13/h3-4H,1-2H3,(H,10,11,13,14). The highest BCUT2D eigenvalue weighted by molar-refractivity contribution is 5.73. The van der Waals surface area contributed by atoms with Crippen LogP contribution in [0.2, 0.25) is 0 Å². The molecule has 0 unspecified atom stereocenters. The van der Waals surface area contributed by atoms with Crippen LogP contribution >= 0.6 is 0 Å². The van der Waals surface area contributed by atoms with Crippen molar-refractivity contribution in [2.24, 2.45) is 7.05 Å². The molecule has 0 aliphatic heterocycles. The second-order valence-corrected chi connectivity index (χ2v) is 3.22. The van der Waals surface area contributed by atoms with Crippen LogP contribution in [0.1, 0.15) is 5.56 Å². The molecule has 2 aromatic heterocycles. The fourth-order valence-corrected chi connectivity index (χ4v) is 1.27. The number of fused-ring (bicyclic) bond motifs is 1. The number of rotatable bonds is 0. The van der Waals surface area contributed by atoms with Crippen LogP contribution in [-0.2, 0) is 7.05 Å². The number of hydrogen-bond acceptors (Lipinski definition) is 3. The third kappa shape index (κ3) is 1.22. The van der Waals surface area contributed by atoms with Gasteiger partial charge in [-0.1, -0.05) is 0 Å². The largest absolute Gasteiger partial charge is 0.349 e. The van der Waals surface area contributed by atoms with Gasteiger partial charge < -0.3 is 9.55 Å². The van der Waals surface area contributed by atoms with Gasteiger partial charge in [-0.15, -0.1) is 0 Å². The first-order valence-electron chi connectivity index (χ1n) is 4.15. The molecule has 0 fully saturated rings. The molecule has 2 aromatic rings. The molecule has 0 saturated heterocycles. The molecule has 0 radical (unpaired) electrons. The number of hydrogen-bond donors (Lipinski definition) is 1. The lowest BCUT2D eigenvalue weighted by Crippen LogP contribution is -2.21. The lowest BCUT2D eigenvalue weighted by atomic mass is 10.2. The van der Waals surface area contributed by atoms with Gasteiger partial charge >= 0.3 is 5.69 Å². The molecule has 0 bridgehead atoms. The Bertz CT molecular complexity index is 559. The van der Waals surface area contributed by atoms with Gasteiger partial charge in [0.15, 0.2) is 0 Å². The second kappa shape index (κ2) is 2.80. The lowest BCUT2D eigenvalue weighted by Gasteiger charge is -2.00. The number of nitrogens with zero attached hydrogens (tertiary/aromatic N) is 2. The number of aromatic nitrogens is 3. The van der Waals surface area contributed by atoms with Crippen LogP contribution in [0.25, 0.3) is 11.0 Å². The quantitative estimate of drug-likeness (QED) is 0.633. The van der Waals surface area contributed by atoms with E-state index in [9.17, 15) is 9.59 Å². The first-order valence-corrected chi connectivity index (χ1v) is 4.15. The molecule has 1 N–H and O–H groups in total. The summed E-state index contributed by atoms with van der Waals surface area (Å²) in [5.41, 5.74) is 0.358. The Morgan fingerprint density at radius 3 is 2.86 bits per heavy atom. The van der Waals surface area contributed by atoms with Gasteiger partial charge in [-0.25, -0.2) is 4.79 Å². The first-order chi connectivity index (χ1) is 6.58. The summed E-state index contributed by atoms with van der Waals surface area (Å²) in [7, 11) is 1.62. The summed E-state index contributed by atoms with van der Waals surface area (Å²) in [5.74, 6) is 0. The molecule has 0 aromatic carbocycles. The Hall–Kier alpha value is -1.91. The fraction of sp³-hybridized carbons (Fsp3) is 0.222. The predicted molar refractivity (Wildman–Crippen MR) is 52.3 cm³/mol. The van der Waals surface area contributed by atoms with Crippen molar-refractivity contribution in [2.75, 3.05) is 0 Å². The van der Waals surface area contributed by atoms with Gasteiger partial charge in [0.2, 0.25) is 0 Å². The SMILES string of the molecule is Cc1cc2cn(C)c(=O)nc2[nH]c1=O. The summed E-state index contributed by atoms with van der Waals surface area (Å²) < 4.78 is 1.38. The molecule has 2 rings (SSSR count). The summed E-state index contributed by atoms with van der Waals surface area (Å²) in [5, 5.41) is 0.754. The van der Waals surface area contributed by atoms with Crippen molar-refractivity contribution >= 4 is 11.0 Å². The lowest BCUT2D eigenvalue weighted by molar-refractivity contribution is 0.822. The number of pyridine rings is 1. The molecule has 0 spiro atoms. The Labute approximate surface area is 79.0 Å². The highest BCUT2D eigenvalue weighted by Gasteiger charge is 2.01. The molecule has 5 heteroatoms. The van der Waals surface area contributed by atoms with Crippen molar-refractivity contribution in [3.8, 4) is 0 Å². The van der Waals surface area contributed by atoms with Gasteiger partial charge in [-0.3, -0.25) is 4.79 Å². The molecule has 14 heavy (non-hydrogen) atoms. The Kier molecular flexibility index (Phi) is 1.73. The third-order valence-corrected chi connectivity index (χ3v) is 2.08. The summed E-state index contributed by atoms with van der Waals surface area (Å²) in [4.78, 5) is 28.7. The highest BCUT2D eigenvalue weighted by Crippen LogP contribution is 2.04. The maximum absolute atomic E-state index is 11.2. The highest BCUT2D eigenvalue weighted by atomic mass is 16.1.